The highest BCUT2D eigenvalue weighted by Gasteiger charge is 2.31. The summed E-state index contributed by atoms with van der Waals surface area (Å²) in [4.78, 5) is 13.1. The minimum absolute atomic E-state index is 0.113. The lowest BCUT2D eigenvalue weighted by Crippen LogP contribution is -2.43. The minimum atomic E-state index is -0.335. The van der Waals surface area contributed by atoms with Crippen LogP contribution >= 0.6 is 11.6 Å². The Morgan fingerprint density at radius 3 is 2.90 bits per heavy atom. The summed E-state index contributed by atoms with van der Waals surface area (Å²) < 4.78 is 0. The van der Waals surface area contributed by atoms with Crippen LogP contribution in [-0.4, -0.2) is 30.6 Å². The van der Waals surface area contributed by atoms with E-state index in [1.807, 2.05) is 0 Å². The third-order valence-electron chi connectivity index (χ3n) is 4.60. The van der Waals surface area contributed by atoms with Gasteiger partial charge in [-0.05, 0) is 50.3 Å². The van der Waals surface area contributed by atoms with Crippen LogP contribution in [0.25, 0.3) is 0 Å². The Hall–Kier alpha value is -1.33. The lowest BCUT2D eigenvalue weighted by atomic mass is 9.89. The summed E-state index contributed by atoms with van der Waals surface area (Å²) in [6.07, 6.45) is 4.75. The molecule has 0 aromatic heterocycles. The lowest BCUT2D eigenvalue weighted by molar-refractivity contribution is -0.384. The normalized spacial score (nSPS) is 26.0. The first-order valence-corrected chi connectivity index (χ1v) is 7.95. The standard InChI is InChI=1S/C15H20ClN3O2/c16-12-5-6-14(15(9-12)19(20)21)18-8-2-3-11(10-18)13-4-1-7-17-13/h5-6,9,11,13,17H,1-4,7-8,10H2. The first-order valence-electron chi connectivity index (χ1n) is 7.57. The average Bonchev–Trinajstić information content (AvgIpc) is 3.01. The molecule has 3 rings (SSSR count). The number of nitro groups is 1. The monoisotopic (exact) mass is 309 g/mol. The van der Waals surface area contributed by atoms with E-state index in [0.717, 1.165) is 26.1 Å². The molecule has 2 heterocycles. The summed E-state index contributed by atoms with van der Waals surface area (Å²) >= 11 is 5.90. The van der Waals surface area contributed by atoms with E-state index in [4.69, 9.17) is 11.6 Å². The van der Waals surface area contributed by atoms with Gasteiger partial charge in [0.25, 0.3) is 5.69 Å². The van der Waals surface area contributed by atoms with Crippen molar-refractivity contribution in [1.29, 1.82) is 0 Å². The number of nitrogens with one attached hydrogen (secondary N) is 1. The van der Waals surface area contributed by atoms with Gasteiger partial charge in [-0.3, -0.25) is 10.1 Å². The zero-order valence-corrected chi connectivity index (χ0v) is 12.7. The van der Waals surface area contributed by atoms with E-state index in [1.54, 1.807) is 12.1 Å². The number of nitro benzene ring substituents is 1. The van der Waals surface area contributed by atoms with Crippen LogP contribution in [0.4, 0.5) is 11.4 Å². The van der Waals surface area contributed by atoms with Crippen LogP contribution in [0.1, 0.15) is 25.7 Å². The van der Waals surface area contributed by atoms with Gasteiger partial charge in [0.15, 0.2) is 0 Å². The lowest BCUT2D eigenvalue weighted by Gasteiger charge is -2.36. The number of anilines is 1. The second-order valence-corrected chi connectivity index (χ2v) is 6.38. The Labute approximate surface area is 129 Å². The molecule has 114 valence electrons. The Balaban J connectivity index is 1.81. The molecule has 2 aliphatic heterocycles. The van der Waals surface area contributed by atoms with Crippen LogP contribution < -0.4 is 10.2 Å². The van der Waals surface area contributed by atoms with Gasteiger partial charge in [-0.25, -0.2) is 0 Å². The second kappa shape index (κ2) is 6.20. The van der Waals surface area contributed by atoms with Crippen molar-refractivity contribution in [2.75, 3.05) is 24.5 Å². The molecule has 6 heteroatoms. The van der Waals surface area contributed by atoms with Gasteiger partial charge >= 0.3 is 0 Å². The molecule has 5 nitrogen and oxygen atoms in total. The molecule has 1 N–H and O–H groups in total. The van der Waals surface area contributed by atoms with Crippen molar-refractivity contribution in [3.63, 3.8) is 0 Å². The van der Waals surface area contributed by atoms with E-state index in [1.165, 1.54) is 25.3 Å². The van der Waals surface area contributed by atoms with Crippen molar-refractivity contribution in [2.24, 2.45) is 5.92 Å². The Kier molecular flexibility index (Phi) is 4.31. The molecule has 2 atom stereocenters. The zero-order chi connectivity index (χ0) is 14.8. The highest BCUT2D eigenvalue weighted by atomic mass is 35.5. The largest absolute Gasteiger partial charge is 0.366 e. The van der Waals surface area contributed by atoms with Crippen LogP contribution in [0, 0.1) is 16.0 Å². The van der Waals surface area contributed by atoms with Crippen molar-refractivity contribution in [2.45, 2.75) is 31.7 Å². The van der Waals surface area contributed by atoms with Gasteiger partial charge in [0.1, 0.15) is 5.69 Å². The molecule has 0 radical (unpaired) electrons. The average molecular weight is 310 g/mol. The highest BCUT2D eigenvalue weighted by Crippen LogP contribution is 2.35. The molecular weight excluding hydrogens is 290 g/mol. The number of nitrogens with zero attached hydrogens (tertiary/aromatic N) is 2. The number of hydrogen-bond acceptors (Lipinski definition) is 4. The number of hydrogen-bond donors (Lipinski definition) is 1. The predicted molar refractivity (Wildman–Crippen MR) is 84.1 cm³/mol. The number of rotatable bonds is 3. The van der Waals surface area contributed by atoms with Crippen LogP contribution in [0.15, 0.2) is 18.2 Å². The van der Waals surface area contributed by atoms with Gasteiger partial charge in [0.2, 0.25) is 0 Å². The second-order valence-electron chi connectivity index (χ2n) is 5.94. The Bertz CT molecular complexity index is 532. The molecule has 2 unspecified atom stereocenters. The van der Waals surface area contributed by atoms with E-state index in [-0.39, 0.29) is 10.6 Å². The molecule has 0 aliphatic carbocycles. The fourth-order valence-corrected chi connectivity index (χ4v) is 3.75. The van der Waals surface area contributed by atoms with Gasteiger partial charge in [0.05, 0.1) is 4.92 Å². The number of piperidine rings is 1. The maximum Gasteiger partial charge on any atom is 0.294 e. The van der Waals surface area contributed by atoms with E-state index >= 15 is 0 Å². The minimum Gasteiger partial charge on any atom is -0.366 e. The van der Waals surface area contributed by atoms with Crippen molar-refractivity contribution < 1.29 is 4.92 Å². The predicted octanol–water partition coefficient (Wildman–Crippen LogP) is 3.22. The molecule has 1 aromatic carbocycles. The third kappa shape index (κ3) is 3.14. The third-order valence-corrected chi connectivity index (χ3v) is 4.84. The van der Waals surface area contributed by atoms with Gasteiger partial charge in [-0.15, -0.1) is 0 Å². The smallest absolute Gasteiger partial charge is 0.294 e. The maximum absolute atomic E-state index is 11.3. The summed E-state index contributed by atoms with van der Waals surface area (Å²) in [6.45, 7) is 2.87. The molecule has 2 aliphatic rings. The quantitative estimate of drug-likeness (QED) is 0.688. The van der Waals surface area contributed by atoms with E-state index in [2.05, 4.69) is 10.2 Å². The summed E-state index contributed by atoms with van der Waals surface area (Å²) in [5, 5.41) is 15.2. The molecule has 0 amide bonds. The summed E-state index contributed by atoms with van der Waals surface area (Å²) in [7, 11) is 0. The Morgan fingerprint density at radius 1 is 1.33 bits per heavy atom. The Morgan fingerprint density at radius 2 is 2.19 bits per heavy atom. The molecule has 0 saturated carbocycles. The van der Waals surface area contributed by atoms with Crippen molar-refractivity contribution in [3.05, 3.63) is 33.3 Å². The van der Waals surface area contributed by atoms with Crippen molar-refractivity contribution in [1.82, 2.24) is 5.32 Å². The SMILES string of the molecule is O=[N+]([O-])c1cc(Cl)ccc1N1CCCC(C2CCCN2)C1. The van der Waals surface area contributed by atoms with Crippen LogP contribution in [-0.2, 0) is 0 Å². The van der Waals surface area contributed by atoms with Gasteiger partial charge in [-0.1, -0.05) is 11.6 Å². The number of halogens is 1. The first-order chi connectivity index (χ1) is 10.1. The molecule has 0 bridgehead atoms. The summed E-state index contributed by atoms with van der Waals surface area (Å²) in [5.74, 6) is 0.580. The molecule has 0 spiro atoms. The molecular formula is C15H20ClN3O2. The van der Waals surface area contributed by atoms with Crippen molar-refractivity contribution in [3.8, 4) is 0 Å². The first kappa shape index (κ1) is 14.6. The van der Waals surface area contributed by atoms with Crippen LogP contribution in [0.3, 0.4) is 0 Å². The fraction of sp³-hybridized carbons (Fsp3) is 0.600. The zero-order valence-electron chi connectivity index (χ0n) is 11.9. The van der Waals surface area contributed by atoms with Gasteiger partial charge in [-0.2, -0.15) is 0 Å². The fourth-order valence-electron chi connectivity index (χ4n) is 3.58. The molecule has 2 saturated heterocycles. The topological polar surface area (TPSA) is 58.4 Å². The van der Waals surface area contributed by atoms with Crippen LogP contribution in [0.2, 0.25) is 5.02 Å². The summed E-state index contributed by atoms with van der Waals surface area (Å²) in [5.41, 5.74) is 0.814. The van der Waals surface area contributed by atoms with E-state index in [0.29, 0.717) is 22.7 Å². The molecule has 1 aromatic rings. The van der Waals surface area contributed by atoms with Crippen molar-refractivity contribution >= 4 is 23.0 Å². The maximum atomic E-state index is 11.3. The number of benzene rings is 1. The highest BCUT2D eigenvalue weighted by molar-refractivity contribution is 6.30. The molecule has 2 fully saturated rings. The van der Waals surface area contributed by atoms with Gasteiger partial charge < -0.3 is 10.2 Å². The summed E-state index contributed by atoms with van der Waals surface area (Å²) in [6, 6.07) is 5.54. The van der Waals surface area contributed by atoms with E-state index in [9.17, 15) is 10.1 Å². The van der Waals surface area contributed by atoms with E-state index < -0.39 is 0 Å². The molecule has 21 heavy (non-hydrogen) atoms. The van der Waals surface area contributed by atoms with Crippen LogP contribution in [0.5, 0.6) is 0 Å². The van der Waals surface area contributed by atoms with Gasteiger partial charge in [0, 0.05) is 30.2 Å².